The summed E-state index contributed by atoms with van der Waals surface area (Å²) in [6.07, 6.45) is 2.47. The molecule has 0 saturated carbocycles. The maximum Gasteiger partial charge on any atom is 0.267 e. The number of hydrogen-bond donors (Lipinski definition) is 2. The Morgan fingerprint density at radius 1 is 1.58 bits per heavy atom. The molecule has 5 nitrogen and oxygen atoms in total. The number of thioether (sulfide) groups is 1. The van der Waals surface area contributed by atoms with Gasteiger partial charge in [0.1, 0.15) is 10.7 Å². The predicted octanol–water partition coefficient (Wildman–Crippen LogP) is 2.74. The number of aromatic nitrogens is 3. The number of aryl methyl sites for hydroxylation is 1. The summed E-state index contributed by atoms with van der Waals surface area (Å²) in [5, 5.41) is 12.3. The predicted molar refractivity (Wildman–Crippen MR) is 78.1 cm³/mol. The second kappa shape index (κ2) is 6.93. The highest BCUT2D eigenvalue weighted by atomic mass is 35.5. The minimum absolute atomic E-state index is 0.136. The highest BCUT2D eigenvalue weighted by Gasteiger charge is 2.07. The van der Waals surface area contributed by atoms with Crippen LogP contribution in [-0.2, 0) is 0 Å². The molecule has 0 spiro atoms. The van der Waals surface area contributed by atoms with Crippen molar-refractivity contribution >= 4 is 40.6 Å². The van der Waals surface area contributed by atoms with Gasteiger partial charge < -0.3 is 10.3 Å². The zero-order valence-corrected chi connectivity index (χ0v) is 12.7. The minimum Gasteiger partial charge on any atom is -0.356 e. The zero-order valence-electron chi connectivity index (χ0n) is 10.3. The van der Waals surface area contributed by atoms with Gasteiger partial charge in [-0.1, -0.05) is 34.7 Å². The van der Waals surface area contributed by atoms with E-state index in [0.717, 1.165) is 21.5 Å². The molecule has 0 aliphatic rings. The van der Waals surface area contributed by atoms with Crippen LogP contribution in [0.4, 0.5) is 0 Å². The first-order chi connectivity index (χ1) is 9.15. The van der Waals surface area contributed by atoms with E-state index in [1.165, 1.54) is 0 Å². The van der Waals surface area contributed by atoms with E-state index in [1.54, 1.807) is 35.4 Å². The fourth-order valence-corrected chi connectivity index (χ4v) is 3.35. The van der Waals surface area contributed by atoms with Crippen molar-refractivity contribution in [3.63, 3.8) is 0 Å². The van der Waals surface area contributed by atoms with E-state index < -0.39 is 0 Å². The number of nitrogens with one attached hydrogen (secondary N) is 2. The summed E-state index contributed by atoms with van der Waals surface area (Å²) in [6.45, 7) is 2.56. The van der Waals surface area contributed by atoms with Gasteiger partial charge in [-0.05, 0) is 19.4 Å². The molecule has 0 bridgehead atoms. The quantitative estimate of drug-likeness (QED) is 0.635. The largest absolute Gasteiger partial charge is 0.356 e. The van der Waals surface area contributed by atoms with Gasteiger partial charge in [-0.2, -0.15) is 0 Å². The molecule has 8 heteroatoms. The first-order valence-corrected chi connectivity index (χ1v) is 7.88. The number of amides is 1. The Kier molecular flexibility index (Phi) is 5.24. The van der Waals surface area contributed by atoms with Gasteiger partial charge in [-0.15, -0.1) is 10.2 Å². The molecule has 0 aliphatic carbocycles. The van der Waals surface area contributed by atoms with Crippen molar-refractivity contribution in [1.29, 1.82) is 0 Å². The van der Waals surface area contributed by atoms with Gasteiger partial charge in [0, 0.05) is 18.5 Å². The molecule has 1 amide bonds. The van der Waals surface area contributed by atoms with E-state index in [1.807, 2.05) is 6.92 Å². The second-order valence-corrected chi connectivity index (χ2v) is 6.74. The Bertz CT molecular complexity index is 554. The number of carbonyl (C=O) groups is 1. The van der Waals surface area contributed by atoms with Crippen LogP contribution in [0.3, 0.4) is 0 Å². The molecule has 2 heterocycles. The first-order valence-electron chi connectivity index (χ1n) is 5.70. The first kappa shape index (κ1) is 14.4. The van der Waals surface area contributed by atoms with Crippen molar-refractivity contribution in [2.45, 2.75) is 17.7 Å². The fourth-order valence-electron chi connectivity index (χ4n) is 1.36. The van der Waals surface area contributed by atoms with Crippen molar-refractivity contribution in [2.75, 3.05) is 12.3 Å². The Hall–Kier alpha value is -1.05. The highest BCUT2D eigenvalue weighted by Crippen LogP contribution is 2.21. The maximum absolute atomic E-state index is 11.7. The Morgan fingerprint density at radius 2 is 2.42 bits per heavy atom. The maximum atomic E-state index is 11.7. The molecule has 0 unspecified atom stereocenters. The van der Waals surface area contributed by atoms with Crippen molar-refractivity contribution in [3.8, 4) is 0 Å². The summed E-state index contributed by atoms with van der Waals surface area (Å²) in [7, 11) is 0. The molecular weight excluding hydrogens is 304 g/mol. The van der Waals surface area contributed by atoms with E-state index in [4.69, 9.17) is 11.6 Å². The van der Waals surface area contributed by atoms with E-state index in [0.29, 0.717) is 17.3 Å². The number of rotatable bonds is 6. The van der Waals surface area contributed by atoms with Crippen LogP contribution in [0.25, 0.3) is 0 Å². The molecule has 0 radical (unpaired) electrons. The van der Waals surface area contributed by atoms with Crippen molar-refractivity contribution in [3.05, 3.63) is 28.0 Å². The molecule has 19 heavy (non-hydrogen) atoms. The zero-order chi connectivity index (χ0) is 13.7. The van der Waals surface area contributed by atoms with Gasteiger partial charge >= 0.3 is 0 Å². The van der Waals surface area contributed by atoms with Gasteiger partial charge in [-0.3, -0.25) is 4.79 Å². The minimum atomic E-state index is -0.136. The monoisotopic (exact) mass is 316 g/mol. The van der Waals surface area contributed by atoms with Crippen LogP contribution in [0.1, 0.15) is 21.9 Å². The van der Waals surface area contributed by atoms with Gasteiger partial charge in [0.2, 0.25) is 0 Å². The van der Waals surface area contributed by atoms with Crippen LogP contribution in [0, 0.1) is 6.92 Å². The molecule has 2 aromatic rings. The lowest BCUT2D eigenvalue weighted by Gasteiger charge is -2.02. The van der Waals surface area contributed by atoms with Crippen LogP contribution in [0.2, 0.25) is 5.02 Å². The summed E-state index contributed by atoms with van der Waals surface area (Å²) in [6, 6.07) is 1.61. The molecule has 0 aromatic carbocycles. The lowest BCUT2D eigenvalue weighted by molar-refractivity contribution is 0.0949. The average Bonchev–Trinajstić information content (AvgIpc) is 2.98. The Morgan fingerprint density at radius 3 is 3.05 bits per heavy atom. The lowest BCUT2D eigenvalue weighted by atomic mass is 10.4. The molecule has 0 fully saturated rings. The van der Waals surface area contributed by atoms with Crippen LogP contribution < -0.4 is 5.32 Å². The third-order valence-electron chi connectivity index (χ3n) is 2.23. The molecule has 102 valence electrons. The van der Waals surface area contributed by atoms with Crippen molar-refractivity contribution in [1.82, 2.24) is 20.5 Å². The van der Waals surface area contributed by atoms with Gasteiger partial charge in [-0.25, -0.2) is 0 Å². The molecule has 0 saturated heterocycles. The topological polar surface area (TPSA) is 70.7 Å². The second-order valence-electron chi connectivity index (χ2n) is 3.78. The molecule has 2 rings (SSSR count). The number of nitrogens with zero attached hydrogens (tertiary/aromatic N) is 2. The molecule has 2 aromatic heterocycles. The highest BCUT2D eigenvalue weighted by molar-refractivity contribution is 8.01. The van der Waals surface area contributed by atoms with E-state index in [-0.39, 0.29) is 5.91 Å². The fraction of sp³-hybridized carbons (Fsp3) is 0.364. The van der Waals surface area contributed by atoms with Crippen LogP contribution in [-0.4, -0.2) is 33.4 Å². The number of H-pyrrole nitrogens is 1. The van der Waals surface area contributed by atoms with Gasteiger partial charge in [0.05, 0.1) is 5.02 Å². The summed E-state index contributed by atoms with van der Waals surface area (Å²) in [5.74, 6) is 0.768. The van der Waals surface area contributed by atoms with E-state index >= 15 is 0 Å². The average molecular weight is 317 g/mol. The third kappa shape index (κ3) is 4.52. The number of aromatic amines is 1. The van der Waals surface area contributed by atoms with Crippen molar-refractivity contribution < 1.29 is 4.79 Å². The SMILES string of the molecule is Cc1nnc(SCCCNC(=O)c2cc(Cl)c[nH]2)s1. The number of hydrogen-bond acceptors (Lipinski definition) is 5. The standard InChI is InChI=1S/C11H13ClN4OS2/c1-7-15-16-11(19-7)18-4-2-3-13-10(17)9-5-8(12)6-14-9/h5-6,14H,2-4H2,1H3,(H,13,17). The van der Waals surface area contributed by atoms with Crippen LogP contribution in [0.5, 0.6) is 0 Å². The third-order valence-corrected chi connectivity index (χ3v) is 4.51. The van der Waals surface area contributed by atoms with Gasteiger partial charge in [0.15, 0.2) is 4.34 Å². The Balaban J connectivity index is 1.63. The molecular formula is C11H13ClN4OS2. The molecule has 0 atom stereocenters. The smallest absolute Gasteiger partial charge is 0.267 e. The molecule has 0 aliphatic heterocycles. The normalized spacial score (nSPS) is 10.6. The summed E-state index contributed by atoms with van der Waals surface area (Å²) < 4.78 is 0.972. The lowest BCUT2D eigenvalue weighted by Crippen LogP contribution is -2.25. The Labute approximate surface area is 124 Å². The van der Waals surface area contributed by atoms with E-state index in [2.05, 4.69) is 20.5 Å². The number of carbonyl (C=O) groups excluding carboxylic acids is 1. The molecule has 2 N–H and O–H groups in total. The summed E-state index contributed by atoms with van der Waals surface area (Å²) in [5.41, 5.74) is 0.484. The van der Waals surface area contributed by atoms with Crippen molar-refractivity contribution in [2.24, 2.45) is 0 Å². The summed E-state index contributed by atoms with van der Waals surface area (Å²) >= 11 is 8.97. The van der Waals surface area contributed by atoms with Gasteiger partial charge in [0.25, 0.3) is 5.91 Å². The summed E-state index contributed by atoms with van der Waals surface area (Å²) in [4.78, 5) is 14.5. The number of halogens is 1. The van der Waals surface area contributed by atoms with Crippen LogP contribution >= 0.6 is 34.7 Å². The van der Waals surface area contributed by atoms with Crippen LogP contribution in [0.15, 0.2) is 16.6 Å². The van der Waals surface area contributed by atoms with E-state index in [9.17, 15) is 4.79 Å².